The average Bonchev–Trinajstić information content (AvgIpc) is 2.90. The van der Waals surface area contributed by atoms with Crippen LogP contribution in [0.4, 0.5) is 0 Å². The summed E-state index contributed by atoms with van der Waals surface area (Å²) in [6.07, 6.45) is 3.63. The third-order valence-electron chi connectivity index (χ3n) is 6.41. The zero-order valence-corrected chi connectivity index (χ0v) is 20.5. The van der Waals surface area contributed by atoms with Crippen LogP contribution in [0.3, 0.4) is 0 Å². The number of unbranched alkanes of at least 4 members (excludes halogenated alkanes) is 1. The molecule has 182 valence electrons. The van der Waals surface area contributed by atoms with Crippen molar-refractivity contribution >= 4 is 16.6 Å². The summed E-state index contributed by atoms with van der Waals surface area (Å²) in [6, 6.07) is 13.5. The second kappa shape index (κ2) is 10.9. The van der Waals surface area contributed by atoms with Crippen LogP contribution in [0.5, 0.6) is 5.75 Å². The third-order valence-corrected chi connectivity index (χ3v) is 8.43. The minimum atomic E-state index is -3.12. The van der Waals surface area contributed by atoms with Gasteiger partial charge < -0.3 is 15.2 Å². The van der Waals surface area contributed by atoms with Crippen LogP contribution in [0.15, 0.2) is 47.4 Å². The molecule has 1 aliphatic rings. The Labute approximate surface area is 197 Å². The highest BCUT2D eigenvalue weighted by molar-refractivity contribution is 8.24. The van der Waals surface area contributed by atoms with E-state index >= 15 is 0 Å². The number of rotatable bonds is 10. The van der Waals surface area contributed by atoms with Gasteiger partial charge in [0.05, 0.1) is 30.3 Å². The standard InChI is InChI=1S/C25H36N2O5S/c1-4-6-12-25(5-2)17-33(30,31)22-13-19(15-26-16-23(28)29)21(32-3)14-20(22)24(27-25)18-10-8-7-9-11-18/h7-11,13-14,24,26-27,30-31H,4-6,12,15-17H2,1-3H3,(H,28,29)/t24-,25-/m1/s1. The van der Waals surface area contributed by atoms with Crippen molar-refractivity contribution in [2.45, 2.75) is 62.6 Å². The second-order valence-electron chi connectivity index (χ2n) is 8.74. The smallest absolute Gasteiger partial charge is 0.317 e. The molecule has 0 radical (unpaired) electrons. The van der Waals surface area contributed by atoms with E-state index in [9.17, 15) is 13.9 Å². The van der Waals surface area contributed by atoms with Crippen molar-refractivity contribution in [3.05, 3.63) is 59.2 Å². The molecule has 8 heteroatoms. The van der Waals surface area contributed by atoms with Crippen LogP contribution in [0, 0.1) is 0 Å². The Kier molecular flexibility index (Phi) is 8.42. The van der Waals surface area contributed by atoms with Gasteiger partial charge in [-0.2, -0.15) is 10.6 Å². The summed E-state index contributed by atoms with van der Waals surface area (Å²) in [6.45, 7) is 4.29. The highest BCUT2D eigenvalue weighted by Gasteiger charge is 2.42. The van der Waals surface area contributed by atoms with Crippen LogP contribution < -0.4 is 15.4 Å². The van der Waals surface area contributed by atoms with Crippen LogP contribution in [-0.4, -0.2) is 45.1 Å². The lowest BCUT2D eigenvalue weighted by Crippen LogP contribution is -2.49. The van der Waals surface area contributed by atoms with Crippen molar-refractivity contribution in [1.82, 2.24) is 10.6 Å². The van der Waals surface area contributed by atoms with Crippen LogP contribution >= 0.6 is 10.6 Å². The molecule has 33 heavy (non-hydrogen) atoms. The fraction of sp³-hybridized carbons (Fsp3) is 0.480. The number of methoxy groups -OCH3 is 1. The highest BCUT2D eigenvalue weighted by Crippen LogP contribution is 2.58. The summed E-state index contributed by atoms with van der Waals surface area (Å²) in [7, 11) is -1.55. The number of carboxylic acids is 1. The Hall–Kier alpha value is -2.10. The van der Waals surface area contributed by atoms with E-state index < -0.39 is 22.1 Å². The molecule has 0 aromatic heterocycles. The van der Waals surface area contributed by atoms with E-state index in [-0.39, 0.29) is 24.9 Å². The lowest BCUT2D eigenvalue weighted by molar-refractivity contribution is -0.136. The minimum Gasteiger partial charge on any atom is -0.496 e. The number of carbonyl (C=O) groups is 1. The molecule has 2 atom stereocenters. The van der Waals surface area contributed by atoms with E-state index in [0.29, 0.717) is 16.2 Å². The van der Waals surface area contributed by atoms with Gasteiger partial charge >= 0.3 is 5.97 Å². The Balaban J connectivity index is 2.16. The largest absolute Gasteiger partial charge is 0.496 e. The first kappa shape index (κ1) is 25.5. The van der Waals surface area contributed by atoms with Gasteiger partial charge in [0, 0.05) is 23.2 Å². The van der Waals surface area contributed by atoms with Crippen molar-refractivity contribution in [2.24, 2.45) is 0 Å². The van der Waals surface area contributed by atoms with Gasteiger partial charge in [-0.1, -0.05) is 57.0 Å². The fourth-order valence-corrected chi connectivity index (χ4v) is 6.84. The molecule has 0 unspecified atom stereocenters. The summed E-state index contributed by atoms with van der Waals surface area (Å²) in [5, 5.41) is 15.7. The first-order chi connectivity index (χ1) is 15.7. The van der Waals surface area contributed by atoms with Crippen molar-refractivity contribution in [2.75, 3.05) is 19.4 Å². The molecule has 0 saturated carbocycles. The van der Waals surface area contributed by atoms with Crippen molar-refractivity contribution in [3.63, 3.8) is 0 Å². The summed E-state index contributed by atoms with van der Waals surface area (Å²) in [5.41, 5.74) is 2.10. The van der Waals surface area contributed by atoms with Gasteiger partial charge in [0.1, 0.15) is 5.75 Å². The number of fused-ring (bicyclic) bond motifs is 1. The first-order valence-corrected chi connectivity index (χ1v) is 13.2. The lowest BCUT2D eigenvalue weighted by atomic mass is 9.88. The normalized spacial score (nSPS) is 22.8. The van der Waals surface area contributed by atoms with E-state index in [1.807, 2.05) is 36.4 Å². The maximum absolute atomic E-state index is 11.5. The van der Waals surface area contributed by atoms with Gasteiger partial charge in [-0.3, -0.25) is 19.2 Å². The first-order valence-electron chi connectivity index (χ1n) is 11.5. The van der Waals surface area contributed by atoms with Gasteiger partial charge in [-0.15, -0.1) is 0 Å². The molecule has 0 amide bonds. The summed E-state index contributed by atoms with van der Waals surface area (Å²) in [4.78, 5) is 11.4. The molecule has 3 rings (SSSR count). The number of benzene rings is 2. The molecule has 1 aliphatic heterocycles. The van der Waals surface area contributed by atoms with Gasteiger partial charge in [-0.05, 0) is 30.5 Å². The Morgan fingerprint density at radius 3 is 2.58 bits per heavy atom. The lowest BCUT2D eigenvalue weighted by Gasteiger charge is -2.42. The third kappa shape index (κ3) is 5.88. The molecule has 0 bridgehead atoms. The highest BCUT2D eigenvalue weighted by atomic mass is 32.3. The van der Waals surface area contributed by atoms with Crippen LogP contribution in [0.2, 0.25) is 0 Å². The van der Waals surface area contributed by atoms with Gasteiger partial charge in [0.2, 0.25) is 0 Å². The number of ether oxygens (including phenoxy) is 1. The van der Waals surface area contributed by atoms with E-state index in [1.165, 1.54) is 0 Å². The van der Waals surface area contributed by atoms with Crippen LogP contribution in [0.25, 0.3) is 0 Å². The molecule has 5 N–H and O–H groups in total. The van der Waals surface area contributed by atoms with E-state index in [4.69, 9.17) is 9.84 Å². The van der Waals surface area contributed by atoms with Gasteiger partial charge in [0.15, 0.2) is 0 Å². The molecule has 2 aromatic carbocycles. The second-order valence-corrected chi connectivity index (χ2v) is 10.8. The van der Waals surface area contributed by atoms with E-state index in [0.717, 1.165) is 36.8 Å². The Morgan fingerprint density at radius 2 is 1.97 bits per heavy atom. The molecule has 0 spiro atoms. The SMILES string of the molecule is CCCC[C@]1(CC)CS(O)(O)c2cc(CNCC(=O)O)c(OC)cc2[C@@H](c2ccccc2)N1. The molecular weight excluding hydrogens is 440 g/mol. The predicted molar refractivity (Wildman–Crippen MR) is 132 cm³/mol. The minimum absolute atomic E-state index is 0.194. The Morgan fingerprint density at radius 1 is 1.24 bits per heavy atom. The number of aliphatic carboxylic acids is 1. The number of hydrogen-bond acceptors (Lipinski definition) is 6. The summed E-state index contributed by atoms with van der Waals surface area (Å²) in [5.74, 6) is -0.131. The van der Waals surface area contributed by atoms with Gasteiger partial charge in [-0.25, -0.2) is 0 Å². The van der Waals surface area contributed by atoms with Crippen LogP contribution in [-0.2, 0) is 11.3 Å². The number of nitrogens with one attached hydrogen (secondary N) is 2. The molecule has 0 aliphatic carbocycles. The molecular formula is C25H36N2O5S. The summed E-state index contributed by atoms with van der Waals surface area (Å²) >= 11 is 0. The maximum atomic E-state index is 11.5. The van der Waals surface area contributed by atoms with E-state index in [1.54, 1.807) is 13.2 Å². The zero-order valence-electron chi connectivity index (χ0n) is 19.6. The van der Waals surface area contributed by atoms with E-state index in [2.05, 4.69) is 24.5 Å². The molecule has 0 fully saturated rings. The monoisotopic (exact) mass is 476 g/mol. The summed E-state index contributed by atoms with van der Waals surface area (Å²) < 4.78 is 28.6. The fourth-order valence-electron chi connectivity index (χ4n) is 4.60. The molecule has 7 nitrogen and oxygen atoms in total. The zero-order chi connectivity index (χ0) is 24.1. The average molecular weight is 477 g/mol. The van der Waals surface area contributed by atoms with Crippen molar-refractivity contribution in [1.29, 1.82) is 0 Å². The number of hydrogen-bond donors (Lipinski definition) is 5. The van der Waals surface area contributed by atoms with Crippen molar-refractivity contribution < 1.29 is 23.7 Å². The number of carboxylic acid groups (broad SMARTS) is 1. The quantitative estimate of drug-likeness (QED) is 0.328. The predicted octanol–water partition coefficient (Wildman–Crippen LogP) is 5.01. The molecule has 1 heterocycles. The maximum Gasteiger partial charge on any atom is 0.317 e. The molecule has 0 saturated heterocycles. The van der Waals surface area contributed by atoms with Crippen molar-refractivity contribution in [3.8, 4) is 5.75 Å². The van der Waals surface area contributed by atoms with Crippen LogP contribution in [0.1, 0.15) is 62.3 Å². The van der Waals surface area contributed by atoms with Gasteiger partial charge in [0.25, 0.3) is 0 Å². The molecule has 2 aromatic rings. The topological polar surface area (TPSA) is 111 Å². The Bertz CT molecular complexity index is 953.